The zero-order valence-corrected chi connectivity index (χ0v) is 30.9. The van der Waals surface area contributed by atoms with Crippen molar-refractivity contribution in [3.63, 3.8) is 0 Å². The van der Waals surface area contributed by atoms with Crippen LogP contribution in [0.3, 0.4) is 0 Å². The van der Waals surface area contributed by atoms with Crippen LogP contribution in [-0.4, -0.2) is 95.7 Å². The normalized spacial score (nSPS) is 34.7. The van der Waals surface area contributed by atoms with Crippen molar-refractivity contribution in [2.45, 2.75) is 36.3 Å². The van der Waals surface area contributed by atoms with Crippen molar-refractivity contribution in [1.29, 1.82) is 0 Å². The van der Waals surface area contributed by atoms with Gasteiger partial charge in [-0.1, -0.05) is 18.2 Å². The molecule has 14 heteroatoms. The molecule has 292 valence electrons. The number of aromatic hydroxyl groups is 1. The molecule has 1 aliphatic carbocycles. The van der Waals surface area contributed by atoms with Crippen LogP contribution in [-0.2, 0) is 33.2 Å². The van der Waals surface area contributed by atoms with Gasteiger partial charge < -0.3 is 57.6 Å². The molecule has 0 amide bonds. The van der Waals surface area contributed by atoms with E-state index in [4.69, 9.17) is 52.1 Å². The summed E-state index contributed by atoms with van der Waals surface area (Å²) >= 11 is 0. The van der Waals surface area contributed by atoms with Crippen LogP contribution in [0.25, 0.3) is 0 Å². The van der Waals surface area contributed by atoms with Gasteiger partial charge in [-0.2, -0.15) is 0 Å². The molecule has 5 fully saturated rings. The highest BCUT2D eigenvalue weighted by atomic mass is 16.8. The van der Waals surface area contributed by atoms with Gasteiger partial charge in [-0.25, -0.2) is 0 Å². The first-order valence-corrected chi connectivity index (χ1v) is 18.4. The lowest BCUT2D eigenvalue weighted by atomic mass is 9.75. The zero-order chi connectivity index (χ0) is 38.0. The molecule has 14 nitrogen and oxygen atoms in total. The number of hydrogen-bond donors (Lipinski definition) is 2. The number of aliphatic hydroxyl groups excluding tert-OH is 1. The highest BCUT2D eigenvalue weighted by Gasteiger charge is 2.63. The number of phenols is 1. The highest BCUT2D eigenvalue weighted by Crippen LogP contribution is 2.54. The number of methoxy groups -OCH3 is 4. The summed E-state index contributed by atoms with van der Waals surface area (Å²) in [6.45, 7) is 1.42. The van der Waals surface area contributed by atoms with E-state index in [1.807, 2.05) is 36.4 Å². The van der Waals surface area contributed by atoms with Gasteiger partial charge in [-0.15, -0.1) is 0 Å². The molecular formula is C41H44O14. The third-order valence-electron chi connectivity index (χ3n) is 12.1. The number of allylic oxidation sites excluding steroid dienone is 1. The third-order valence-corrected chi connectivity index (χ3v) is 12.1. The first-order chi connectivity index (χ1) is 26.8. The van der Waals surface area contributed by atoms with Crippen LogP contribution in [0.1, 0.15) is 35.0 Å². The predicted octanol–water partition coefficient (Wildman–Crippen LogP) is 4.43. The molecule has 55 heavy (non-hydrogen) atoms. The number of carbonyl (C=O) groups is 1. The van der Waals surface area contributed by atoms with Crippen molar-refractivity contribution in [3.05, 3.63) is 83.1 Å². The monoisotopic (exact) mass is 760 g/mol. The summed E-state index contributed by atoms with van der Waals surface area (Å²) in [5.74, 6) is -0.898. The Morgan fingerprint density at radius 1 is 0.636 bits per heavy atom. The molecule has 0 bridgehead atoms. The summed E-state index contributed by atoms with van der Waals surface area (Å²) < 4.78 is 65.7. The molecule has 0 saturated carbocycles. The molecular weight excluding hydrogens is 716 g/mol. The number of phenolic OH excluding ortho intramolecular Hbond substituents is 1. The number of aliphatic hydroxyl groups is 1. The van der Waals surface area contributed by atoms with E-state index < -0.39 is 23.9 Å². The first-order valence-electron chi connectivity index (χ1n) is 18.4. The van der Waals surface area contributed by atoms with Gasteiger partial charge in [-0.3, -0.25) is 9.53 Å². The summed E-state index contributed by atoms with van der Waals surface area (Å²) in [5.41, 5.74) is 2.69. The Kier molecular flexibility index (Phi) is 9.30. The molecule has 5 saturated heterocycles. The Hall–Kier alpha value is -4.57. The van der Waals surface area contributed by atoms with Gasteiger partial charge in [0.25, 0.3) is 5.79 Å². The Labute approximate surface area is 317 Å². The van der Waals surface area contributed by atoms with Crippen LogP contribution in [0.5, 0.6) is 34.5 Å². The van der Waals surface area contributed by atoms with Crippen LogP contribution in [0.4, 0.5) is 0 Å². The number of carbonyl (C=O) groups excluding carboxylic acids is 1. The zero-order valence-electron chi connectivity index (χ0n) is 30.9. The largest absolute Gasteiger partial charge is 0.504 e. The fraction of sp³-hybridized carbons (Fsp3) is 0.488. The summed E-state index contributed by atoms with van der Waals surface area (Å²) in [7, 11) is 6.22. The second-order valence-electron chi connectivity index (χ2n) is 14.7. The lowest BCUT2D eigenvalue weighted by Gasteiger charge is -2.41. The molecule has 9 rings (SSSR count). The maximum Gasteiger partial charge on any atom is 0.299 e. The van der Waals surface area contributed by atoms with Crippen molar-refractivity contribution in [2.24, 2.45) is 29.6 Å². The minimum atomic E-state index is -1.83. The number of fused-ring (bicyclic) bond motifs is 3. The maximum absolute atomic E-state index is 13.7. The fourth-order valence-corrected chi connectivity index (χ4v) is 9.36. The minimum absolute atomic E-state index is 0.0639. The smallest absolute Gasteiger partial charge is 0.299 e. The second-order valence-corrected chi connectivity index (χ2v) is 14.7. The van der Waals surface area contributed by atoms with E-state index in [1.54, 1.807) is 32.4 Å². The molecule has 6 aliphatic rings. The lowest BCUT2D eigenvalue weighted by molar-refractivity contribution is -0.220. The van der Waals surface area contributed by atoms with E-state index in [0.29, 0.717) is 49.4 Å². The molecule has 0 spiro atoms. The van der Waals surface area contributed by atoms with Crippen molar-refractivity contribution >= 4 is 5.78 Å². The molecule has 2 N–H and O–H groups in total. The maximum atomic E-state index is 13.7. The number of ketones is 1. The standard InChI is InChI=1S/C41H44O14/c1-45-29-9-6-21(12-32(29)47-3)38-25-17-52-39(26(25)18-51-38)35-28(43)14-34-41(40(35)44,54-19-53-34)55-30-10-7-22(13-33(30)48-4)37-24-16-49-36(23(24)15-50-37)20-5-8-27(42)31(11-20)46-2/h5-14,23-26,35-40,42,44H,15-19H2,1-4H3/t23-,24-,25+,26+,35+,36+,37-,38+,39-,40+,41?/m1/s1. The SMILES string of the molecule is COc1cc([C@@H]2OC[C@@H]3[C@H]2CO[C@@H]3c2ccc(OC34OCOC3=CC(=O)[C@@H]([C@@H]3OC[C@H]5[C@@H]3CO[C@H]5c3ccc(OC)c(OC)c3)[C@@H]4O)c(OC)c2)ccc1O. The molecule has 5 aliphatic heterocycles. The molecule has 5 heterocycles. The average molecular weight is 761 g/mol. The van der Waals surface area contributed by atoms with E-state index >= 15 is 0 Å². The third kappa shape index (κ3) is 5.80. The van der Waals surface area contributed by atoms with Gasteiger partial charge >= 0.3 is 0 Å². The van der Waals surface area contributed by atoms with Crippen molar-refractivity contribution in [1.82, 2.24) is 0 Å². The number of rotatable bonds is 10. The van der Waals surface area contributed by atoms with Crippen molar-refractivity contribution in [3.8, 4) is 34.5 Å². The van der Waals surface area contributed by atoms with E-state index in [1.165, 1.54) is 20.3 Å². The summed E-state index contributed by atoms with van der Waals surface area (Å²) in [6, 6.07) is 16.4. The topological polar surface area (TPSA) is 159 Å². The van der Waals surface area contributed by atoms with Gasteiger partial charge in [0.2, 0.25) is 0 Å². The Bertz CT molecular complexity index is 1980. The number of benzene rings is 3. The quantitative estimate of drug-likeness (QED) is 0.299. The molecule has 1 unspecified atom stereocenters. The fourth-order valence-electron chi connectivity index (χ4n) is 9.36. The second kappa shape index (κ2) is 14.2. The van der Waals surface area contributed by atoms with Crippen LogP contribution < -0.4 is 23.7 Å². The van der Waals surface area contributed by atoms with Gasteiger partial charge in [0.05, 0.1) is 85.2 Å². The summed E-state index contributed by atoms with van der Waals surface area (Å²) in [5, 5.41) is 22.2. The first kappa shape index (κ1) is 36.1. The van der Waals surface area contributed by atoms with Crippen molar-refractivity contribution in [2.75, 3.05) is 61.7 Å². The summed E-state index contributed by atoms with van der Waals surface area (Å²) in [4.78, 5) is 13.7. The Morgan fingerprint density at radius 3 is 1.76 bits per heavy atom. The number of ether oxygens (including phenoxy) is 11. The van der Waals surface area contributed by atoms with E-state index in [2.05, 4.69) is 0 Å². The Morgan fingerprint density at radius 2 is 1.15 bits per heavy atom. The van der Waals surface area contributed by atoms with Gasteiger partial charge in [0.1, 0.15) is 6.10 Å². The highest BCUT2D eigenvalue weighted by molar-refractivity contribution is 5.95. The van der Waals surface area contributed by atoms with Crippen LogP contribution in [0.15, 0.2) is 66.4 Å². The molecule has 11 atom stereocenters. The van der Waals surface area contributed by atoms with E-state index in [9.17, 15) is 15.0 Å². The predicted molar refractivity (Wildman–Crippen MR) is 190 cm³/mol. The molecule has 0 radical (unpaired) electrons. The average Bonchev–Trinajstić information content (AvgIpc) is 4.04. The van der Waals surface area contributed by atoms with Gasteiger partial charge in [0, 0.05) is 29.7 Å². The van der Waals surface area contributed by atoms with E-state index in [0.717, 1.165) is 16.7 Å². The molecule has 3 aromatic carbocycles. The minimum Gasteiger partial charge on any atom is -0.504 e. The molecule has 3 aromatic rings. The van der Waals surface area contributed by atoms with Crippen LogP contribution in [0.2, 0.25) is 0 Å². The van der Waals surface area contributed by atoms with Crippen LogP contribution >= 0.6 is 0 Å². The van der Waals surface area contributed by atoms with Crippen molar-refractivity contribution < 1.29 is 67.1 Å². The number of hydrogen-bond acceptors (Lipinski definition) is 14. The van der Waals surface area contributed by atoms with E-state index in [-0.39, 0.29) is 71.8 Å². The van der Waals surface area contributed by atoms with Crippen LogP contribution in [0, 0.1) is 29.6 Å². The Balaban J connectivity index is 0.938. The molecule has 0 aromatic heterocycles. The van der Waals surface area contributed by atoms with Gasteiger partial charge in [-0.05, 0) is 53.1 Å². The van der Waals surface area contributed by atoms with Gasteiger partial charge in [0.15, 0.2) is 52.8 Å². The lowest BCUT2D eigenvalue weighted by Crippen LogP contribution is -2.59. The summed E-state index contributed by atoms with van der Waals surface area (Å²) in [6.07, 6.45) is -1.60.